The topological polar surface area (TPSA) is 56.2 Å². The van der Waals surface area contributed by atoms with Gasteiger partial charge in [0.05, 0.1) is 11.8 Å². The van der Waals surface area contributed by atoms with Crippen LogP contribution in [0.4, 0.5) is 0 Å². The van der Waals surface area contributed by atoms with Crippen molar-refractivity contribution in [3.8, 4) is 0 Å². The van der Waals surface area contributed by atoms with E-state index in [1.165, 1.54) is 6.26 Å². The zero-order chi connectivity index (χ0) is 8.27. The third-order valence-electron chi connectivity index (χ3n) is 1.49. The zero-order valence-corrected chi connectivity index (χ0v) is 6.46. The van der Waals surface area contributed by atoms with Gasteiger partial charge in [-0.25, -0.2) is 0 Å². The lowest BCUT2D eigenvalue weighted by Gasteiger charge is -1.94. The minimum Gasteiger partial charge on any atom is -0.469 e. The summed E-state index contributed by atoms with van der Waals surface area (Å²) in [6.45, 7) is 2.02. The Hall–Kier alpha value is -1.25. The predicted octanol–water partition coefficient (Wildman–Crippen LogP) is 1.33. The highest BCUT2D eigenvalue weighted by Crippen LogP contribution is 2.11. The predicted molar refractivity (Wildman–Crippen MR) is 41.2 cm³/mol. The number of furan rings is 1. The highest BCUT2D eigenvalue weighted by molar-refractivity contribution is 5.93. The first-order valence-corrected chi connectivity index (χ1v) is 3.62. The normalized spacial score (nSPS) is 9.91. The molecule has 1 aromatic rings. The summed E-state index contributed by atoms with van der Waals surface area (Å²) >= 11 is 0. The maximum absolute atomic E-state index is 10.7. The minimum absolute atomic E-state index is 0.415. The van der Waals surface area contributed by atoms with Crippen LogP contribution in [-0.4, -0.2) is 5.91 Å². The molecule has 1 amide bonds. The van der Waals surface area contributed by atoms with Gasteiger partial charge in [-0.15, -0.1) is 0 Å². The summed E-state index contributed by atoms with van der Waals surface area (Å²) in [4.78, 5) is 10.7. The molecule has 0 aromatic carbocycles. The molecule has 1 heterocycles. The second-order valence-corrected chi connectivity index (χ2v) is 2.37. The Kier molecular flexibility index (Phi) is 2.31. The molecular weight excluding hydrogens is 142 g/mol. The smallest absolute Gasteiger partial charge is 0.252 e. The quantitative estimate of drug-likeness (QED) is 0.712. The third kappa shape index (κ3) is 1.61. The van der Waals surface area contributed by atoms with Crippen LogP contribution in [0, 0.1) is 0 Å². The van der Waals surface area contributed by atoms with Crippen LogP contribution >= 0.6 is 0 Å². The van der Waals surface area contributed by atoms with Gasteiger partial charge in [0.15, 0.2) is 0 Å². The summed E-state index contributed by atoms with van der Waals surface area (Å²) in [6, 6.07) is 1.60. The lowest BCUT2D eigenvalue weighted by Crippen LogP contribution is -2.11. The van der Waals surface area contributed by atoms with E-state index in [1.807, 2.05) is 6.92 Å². The van der Waals surface area contributed by atoms with Gasteiger partial charge in [-0.05, 0) is 12.5 Å². The van der Waals surface area contributed by atoms with Crippen LogP contribution in [0.5, 0.6) is 0 Å². The number of rotatable bonds is 3. The Bertz CT molecular complexity index is 252. The number of primary amides is 1. The molecule has 0 atom stereocenters. The number of hydrogen-bond acceptors (Lipinski definition) is 2. The molecule has 1 rings (SSSR count). The van der Waals surface area contributed by atoms with Crippen molar-refractivity contribution < 1.29 is 9.21 Å². The van der Waals surface area contributed by atoms with Gasteiger partial charge in [0.1, 0.15) is 5.76 Å². The Morgan fingerprint density at radius 2 is 2.45 bits per heavy atom. The van der Waals surface area contributed by atoms with Gasteiger partial charge in [0.25, 0.3) is 5.91 Å². The van der Waals surface area contributed by atoms with Crippen LogP contribution in [-0.2, 0) is 6.42 Å². The molecule has 0 aliphatic heterocycles. The van der Waals surface area contributed by atoms with Crippen LogP contribution < -0.4 is 5.73 Å². The van der Waals surface area contributed by atoms with Crippen molar-refractivity contribution in [1.29, 1.82) is 0 Å². The van der Waals surface area contributed by atoms with Crippen molar-refractivity contribution in [2.75, 3.05) is 0 Å². The zero-order valence-electron chi connectivity index (χ0n) is 6.46. The van der Waals surface area contributed by atoms with E-state index in [0.717, 1.165) is 12.8 Å². The molecule has 0 unspecified atom stereocenters. The molecule has 0 bridgehead atoms. The summed E-state index contributed by atoms with van der Waals surface area (Å²) in [7, 11) is 0. The Labute approximate surface area is 65.2 Å². The number of carbonyl (C=O) groups is 1. The van der Waals surface area contributed by atoms with Crippen molar-refractivity contribution in [1.82, 2.24) is 0 Å². The standard InChI is InChI=1S/C8H11NO2/c1-2-3-7-6(8(9)10)4-5-11-7/h4-5H,2-3H2,1H3,(H2,9,10). The van der Waals surface area contributed by atoms with Crippen LogP contribution in [0.15, 0.2) is 16.7 Å². The molecule has 1 aromatic heterocycles. The molecule has 0 saturated heterocycles. The average Bonchev–Trinajstić information content (AvgIpc) is 2.36. The summed E-state index contributed by atoms with van der Waals surface area (Å²) in [5.41, 5.74) is 5.60. The van der Waals surface area contributed by atoms with E-state index in [-0.39, 0.29) is 0 Å². The van der Waals surface area contributed by atoms with Gasteiger partial charge in [-0.1, -0.05) is 6.92 Å². The van der Waals surface area contributed by atoms with Crippen molar-refractivity contribution >= 4 is 5.91 Å². The molecule has 11 heavy (non-hydrogen) atoms. The second kappa shape index (κ2) is 3.23. The highest BCUT2D eigenvalue weighted by atomic mass is 16.3. The molecule has 0 aliphatic carbocycles. The van der Waals surface area contributed by atoms with E-state index < -0.39 is 5.91 Å². The summed E-state index contributed by atoms with van der Waals surface area (Å²) in [6.07, 6.45) is 3.21. The molecule has 3 heteroatoms. The maximum atomic E-state index is 10.7. The fourth-order valence-corrected chi connectivity index (χ4v) is 0.981. The van der Waals surface area contributed by atoms with Crippen LogP contribution in [0.2, 0.25) is 0 Å². The molecule has 0 aliphatic rings. The largest absolute Gasteiger partial charge is 0.469 e. The van der Waals surface area contributed by atoms with Crippen LogP contribution in [0.25, 0.3) is 0 Å². The number of carbonyl (C=O) groups excluding carboxylic acids is 1. The van der Waals surface area contributed by atoms with Gasteiger partial charge >= 0.3 is 0 Å². The highest BCUT2D eigenvalue weighted by Gasteiger charge is 2.09. The van der Waals surface area contributed by atoms with Gasteiger partial charge in [0, 0.05) is 6.42 Å². The van der Waals surface area contributed by atoms with E-state index in [4.69, 9.17) is 10.2 Å². The first kappa shape index (κ1) is 7.85. The molecule has 0 radical (unpaired) electrons. The minimum atomic E-state index is -0.415. The molecule has 60 valence electrons. The van der Waals surface area contributed by atoms with E-state index in [1.54, 1.807) is 6.07 Å². The van der Waals surface area contributed by atoms with Crippen molar-refractivity contribution in [2.24, 2.45) is 5.73 Å². The van der Waals surface area contributed by atoms with E-state index in [2.05, 4.69) is 0 Å². The maximum Gasteiger partial charge on any atom is 0.252 e. The first-order chi connectivity index (χ1) is 5.25. The Morgan fingerprint density at radius 3 is 3.00 bits per heavy atom. The molecule has 0 saturated carbocycles. The second-order valence-electron chi connectivity index (χ2n) is 2.37. The van der Waals surface area contributed by atoms with Gasteiger partial charge in [-0.2, -0.15) is 0 Å². The monoisotopic (exact) mass is 153 g/mol. The van der Waals surface area contributed by atoms with Crippen LogP contribution in [0.3, 0.4) is 0 Å². The van der Waals surface area contributed by atoms with E-state index in [0.29, 0.717) is 11.3 Å². The molecule has 2 N–H and O–H groups in total. The van der Waals surface area contributed by atoms with Crippen molar-refractivity contribution in [2.45, 2.75) is 19.8 Å². The number of amides is 1. The lowest BCUT2D eigenvalue weighted by molar-refractivity contribution is 0.0998. The molecule has 0 fully saturated rings. The van der Waals surface area contributed by atoms with E-state index >= 15 is 0 Å². The Balaban J connectivity index is 2.87. The fourth-order valence-electron chi connectivity index (χ4n) is 0.981. The summed E-state index contributed by atoms with van der Waals surface area (Å²) in [5, 5.41) is 0. The average molecular weight is 153 g/mol. The number of nitrogens with two attached hydrogens (primary N) is 1. The summed E-state index contributed by atoms with van der Waals surface area (Å²) in [5.74, 6) is 0.280. The molecule has 0 spiro atoms. The Morgan fingerprint density at radius 1 is 1.73 bits per heavy atom. The van der Waals surface area contributed by atoms with Crippen molar-refractivity contribution in [3.63, 3.8) is 0 Å². The summed E-state index contributed by atoms with van der Waals surface area (Å²) < 4.78 is 5.07. The van der Waals surface area contributed by atoms with Crippen LogP contribution in [0.1, 0.15) is 29.5 Å². The van der Waals surface area contributed by atoms with Gasteiger partial charge in [0.2, 0.25) is 0 Å². The molecule has 3 nitrogen and oxygen atoms in total. The fraction of sp³-hybridized carbons (Fsp3) is 0.375. The van der Waals surface area contributed by atoms with Crippen molar-refractivity contribution in [3.05, 3.63) is 23.7 Å². The number of hydrogen-bond donors (Lipinski definition) is 1. The lowest BCUT2D eigenvalue weighted by atomic mass is 10.2. The van der Waals surface area contributed by atoms with E-state index in [9.17, 15) is 4.79 Å². The SMILES string of the molecule is CCCc1occc1C(N)=O. The first-order valence-electron chi connectivity index (χ1n) is 3.62. The van der Waals surface area contributed by atoms with Gasteiger partial charge < -0.3 is 10.2 Å². The third-order valence-corrected chi connectivity index (χ3v) is 1.49. The molecular formula is C8H11NO2. The number of aryl methyl sites for hydroxylation is 1. The van der Waals surface area contributed by atoms with Gasteiger partial charge in [-0.3, -0.25) is 4.79 Å².